The van der Waals surface area contributed by atoms with Gasteiger partial charge in [-0.15, -0.1) is 0 Å². The summed E-state index contributed by atoms with van der Waals surface area (Å²) in [6, 6.07) is -0.932. The molecule has 28 heavy (non-hydrogen) atoms. The molecule has 1 saturated heterocycles. The quantitative estimate of drug-likeness (QED) is 0.646. The molecule has 0 unspecified atom stereocenters. The van der Waals surface area contributed by atoms with Crippen molar-refractivity contribution in [2.75, 3.05) is 13.7 Å². The van der Waals surface area contributed by atoms with Crippen LogP contribution in [-0.2, 0) is 33.3 Å². The Bertz CT molecular complexity index is 577. The van der Waals surface area contributed by atoms with Crippen LogP contribution < -0.4 is 5.32 Å². The Morgan fingerprint density at radius 2 is 1.57 bits per heavy atom. The molecule has 1 rings (SSSR count). The lowest BCUT2D eigenvalue weighted by molar-refractivity contribution is -0.270. The van der Waals surface area contributed by atoms with Gasteiger partial charge < -0.3 is 29.4 Å². The van der Waals surface area contributed by atoms with Crippen LogP contribution in [0.4, 0.5) is 0 Å². The van der Waals surface area contributed by atoms with E-state index < -0.39 is 59.3 Å². The molecule has 1 aliphatic rings. The first kappa shape index (κ1) is 24.3. The second kappa shape index (κ2) is 9.19. The lowest BCUT2D eigenvalue weighted by Gasteiger charge is -2.44. The van der Waals surface area contributed by atoms with Crippen molar-refractivity contribution in [2.24, 2.45) is 10.8 Å². The van der Waals surface area contributed by atoms with Gasteiger partial charge in [0.25, 0.3) is 0 Å². The highest BCUT2D eigenvalue weighted by atomic mass is 16.7. The maximum absolute atomic E-state index is 12.4. The summed E-state index contributed by atoms with van der Waals surface area (Å²) >= 11 is 0. The summed E-state index contributed by atoms with van der Waals surface area (Å²) in [5.41, 5.74) is -1.55. The molecule has 0 radical (unpaired) electrons. The van der Waals surface area contributed by atoms with Crippen molar-refractivity contribution in [2.45, 2.75) is 79.1 Å². The smallest absolute Gasteiger partial charge is 0.311 e. The van der Waals surface area contributed by atoms with Crippen LogP contribution in [0.1, 0.15) is 48.5 Å². The summed E-state index contributed by atoms with van der Waals surface area (Å²) in [4.78, 5) is 36.0. The summed E-state index contributed by atoms with van der Waals surface area (Å²) < 4.78 is 21.7. The van der Waals surface area contributed by atoms with Crippen LogP contribution in [0.2, 0.25) is 0 Å². The van der Waals surface area contributed by atoms with E-state index in [1.54, 1.807) is 41.5 Å². The number of amides is 1. The van der Waals surface area contributed by atoms with Gasteiger partial charge in [-0.2, -0.15) is 0 Å². The van der Waals surface area contributed by atoms with Gasteiger partial charge in [0, 0.05) is 14.0 Å². The minimum absolute atomic E-state index is 0.256. The summed E-state index contributed by atoms with van der Waals surface area (Å²) in [6.45, 7) is 11.2. The Kier molecular flexibility index (Phi) is 7.99. The van der Waals surface area contributed by atoms with Gasteiger partial charge in [-0.3, -0.25) is 14.4 Å². The minimum atomic E-state index is -1.35. The molecule has 1 fully saturated rings. The van der Waals surface area contributed by atoms with Crippen molar-refractivity contribution in [1.82, 2.24) is 5.32 Å². The number of carbonyl (C=O) groups excluding carboxylic acids is 3. The first-order valence-electron chi connectivity index (χ1n) is 9.20. The number of esters is 2. The van der Waals surface area contributed by atoms with Crippen LogP contribution in [-0.4, -0.2) is 67.3 Å². The highest BCUT2D eigenvalue weighted by Gasteiger charge is 2.49. The van der Waals surface area contributed by atoms with E-state index in [0.717, 1.165) is 0 Å². The monoisotopic (exact) mass is 403 g/mol. The van der Waals surface area contributed by atoms with Crippen LogP contribution in [0.15, 0.2) is 0 Å². The molecule has 9 nitrogen and oxygen atoms in total. The lowest BCUT2D eigenvalue weighted by atomic mass is 9.94. The lowest BCUT2D eigenvalue weighted by Crippen LogP contribution is -2.66. The summed E-state index contributed by atoms with van der Waals surface area (Å²) in [7, 11) is 1.36. The molecule has 0 saturated carbocycles. The second-order valence-electron chi connectivity index (χ2n) is 8.96. The number of ether oxygens (including phenoxy) is 4. The largest absolute Gasteiger partial charge is 0.462 e. The zero-order valence-electron chi connectivity index (χ0n) is 17.9. The van der Waals surface area contributed by atoms with Gasteiger partial charge in [0.1, 0.15) is 24.9 Å². The molecule has 162 valence electrons. The van der Waals surface area contributed by atoms with Gasteiger partial charge in [-0.25, -0.2) is 0 Å². The topological polar surface area (TPSA) is 120 Å². The number of hydrogen-bond donors (Lipinski definition) is 2. The van der Waals surface area contributed by atoms with Gasteiger partial charge in [-0.05, 0) is 41.5 Å². The third kappa shape index (κ3) is 6.42. The Morgan fingerprint density at radius 1 is 1.04 bits per heavy atom. The summed E-state index contributed by atoms with van der Waals surface area (Å²) in [5.74, 6) is -1.43. The minimum Gasteiger partial charge on any atom is -0.462 e. The molecule has 0 aliphatic carbocycles. The van der Waals surface area contributed by atoms with Gasteiger partial charge in [0.05, 0.1) is 10.8 Å². The number of aliphatic hydroxyl groups excluding tert-OH is 1. The predicted molar refractivity (Wildman–Crippen MR) is 99.0 cm³/mol. The van der Waals surface area contributed by atoms with Gasteiger partial charge >= 0.3 is 11.9 Å². The van der Waals surface area contributed by atoms with E-state index in [4.69, 9.17) is 18.9 Å². The SMILES string of the molecule is CO[C@H]1O[C@H](COC(=O)C(C)(C)C)[C@@H](O)[C@H](OC(=O)C(C)(C)C)[C@@H]1NC(C)=O. The number of aliphatic hydroxyl groups is 1. The van der Waals surface area contributed by atoms with Crippen molar-refractivity contribution >= 4 is 17.8 Å². The molecule has 0 bridgehead atoms. The fourth-order valence-corrected chi connectivity index (χ4v) is 2.46. The molecule has 1 heterocycles. The number of methoxy groups -OCH3 is 1. The predicted octanol–water partition coefficient (Wildman–Crippen LogP) is 0.770. The maximum atomic E-state index is 12.4. The van der Waals surface area contributed by atoms with Crippen LogP contribution >= 0.6 is 0 Å². The first-order chi connectivity index (χ1) is 12.7. The van der Waals surface area contributed by atoms with Gasteiger partial charge in [0.2, 0.25) is 5.91 Å². The van der Waals surface area contributed by atoms with E-state index >= 15 is 0 Å². The maximum Gasteiger partial charge on any atom is 0.311 e. The first-order valence-corrected chi connectivity index (χ1v) is 9.20. The standard InChI is InChI=1S/C19H33NO8/c1-10(21)20-12-14(28-17(24)19(5,6)7)13(22)11(27-15(12)25-8)9-26-16(23)18(2,3)4/h11-15,22H,9H2,1-8H3,(H,20,21)/t11-,12+,13-,14-,15+/m1/s1. The molecular formula is C19H33NO8. The van der Waals surface area contributed by atoms with Crippen molar-refractivity contribution in [3.63, 3.8) is 0 Å². The third-order valence-corrected chi connectivity index (χ3v) is 4.12. The fourth-order valence-electron chi connectivity index (χ4n) is 2.46. The summed E-state index contributed by atoms with van der Waals surface area (Å²) in [5, 5.41) is 13.4. The molecule has 1 aliphatic heterocycles. The van der Waals surface area contributed by atoms with E-state index in [9.17, 15) is 19.5 Å². The molecule has 2 N–H and O–H groups in total. The van der Waals surface area contributed by atoms with Crippen LogP contribution in [0.5, 0.6) is 0 Å². The third-order valence-electron chi connectivity index (χ3n) is 4.12. The highest BCUT2D eigenvalue weighted by molar-refractivity contribution is 5.76. The number of hydrogen-bond acceptors (Lipinski definition) is 8. The van der Waals surface area contributed by atoms with Crippen molar-refractivity contribution in [3.8, 4) is 0 Å². The van der Waals surface area contributed by atoms with Gasteiger partial charge in [0.15, 0.2) is 12.4 Å². The van der Waals surface area contributed by atoms with Crippen molar-refractivity contribution < 1.29 is 38.4 Å². The number of rotatable bonds is 5. The zero-order chi connectivity index (χ0) is 21.9. The molecular weight excluding hydrogens is 370 g/mol. The molecule has 0 spiro atoms. The van der Waals surface area contributed by atoms with E-state index in [-0.39, 0.29) is 6.61 Å². The second-order valence-corrected chi connectivity index (χ2v) is 8.96. The fraction of sp³-hybridized carbons (Fsp3) is 0.842. The molecule has 9 heteroatoms. The Morgan fingerprint density at radius 3 is 2.00 bits per heavy atom. The van der Waals surface area contributed by atoms with Crippen molar-refractivity contribution in [1.29, 1.82) is 0 Å². The normalized spacial score (nSPS) is 28.4. The molecule has 0 aromatic rings. The van der Waals surface area contributed by atoms with E-state index in [2.05, 4.69) is 5.32 Å². The number of carbonyl (C=O) groups is 3. The highest BCUT2D eigenvalue weighted by Crippen LogP contribution is 2.28. The zero-order valence-corrected chi connectivity index (χ0v) is 17.9. The average Bonchev–Trinajstić information content (AvgIpc) is 2.54. The average molecular weight is 403 g/mol. The van der Waals surface area contributed by atoms with Crippen LogP contribution in [0, 0.1) is 10.8 Å². The molecule has 1 amide bonds. The molecule has 0 aromatic carbocycles. The number of nitrogens with one attached hydrogen (secondary N) is 1. The Balaban J connectivity index is 3.06. The Hall–Kier alpha value is -1.71. The Labute approximate surface area is 166 Å². The van der Waals surface area contributed by atoms with Crippen LogP contribution in [0.25, 0.3) is 0 Å². The van der Waals surface area contributed by atoms with E-state index in [1.165, 1.54) is 14.0 Å². The molecule has 5 atom stereocenters. The molecule has 0 aromatic heterocycles. The summed E-state index contributed by atoms with van der Waals surface area (Å²) in [6.07, 6.45) is -4.50. The van der Waals surface area contributed by atoms with E-state index in [0.29, 0.717) is 0 Å². The van der Waals surface area contributed by atoms with E-state index in [1.807, 2.05) is 0 Å². The van der Waals surface area contributed by atoms with Crippen LogP contribution in [0.3, 0.4) is 0 Å². The van der Waals surface area contributed by atoms with Gasteiger partial charge in [-0.1, -0.05) is 0 Å². The van der Waals surface area contributed by atoms with Crippen molar-refractivity contribution in [3.05, 3.63) is 0 Å².